The number of anilines is 1. The van der Waals surface area contributed by atoms with E-state index in [-0.39, 0.29) is 5.91 Å². The van der Waals surface area contributed by atoms with E-state index in [2.05, 4.69) is 20.3 Å². The van der Waals surface area contributed by atoms with Gasteiger partial charge in [-0.2, -0.15) is 5.10 Å². The largest absolute Gasteiger partial charge is 0.379 e. The van der Waals surface area contributed by atoms with Gasteiger partial charge in [0.1, 0.15) is 13.7 Å². The van der Waals surface area contributed by atoms with Crippen molar-refractivity contribution in [2.75, 3.05) is 38.2 Å². The predicted octanol–water partition coefficient (Wildman–Crippen LogP) is 0.700. The van der Waals surface area contributed by atoms with E-state index in [9.17, 15) is 4.79 Å². The number of carbonyl (C=O) groups excluding carboxylic acids is 1. The fourth-order valence-electron chi connectivity index (χ4n) is 3.22. The maximum atomic E-state index is 12.4. The summed E-state index contributed by atoms with van der Waals surface area (Å²) in [5.74, 6) is 0.267. The van der Waals surface area contributed by atoms with E-state index in [1.165, 1.54) is 0 Å². The minimum atomic E-state index is -0.126. The Labute approximate surface area is 158 Å². The second kappa shape index (κ2) is 7.50. The summed E-state index contributed by atoms with van der Waals surface area (Å²) in [7, 11) is 8.20. The minimum absolute atomic E-state index is 0.126. The van der Waals surface area contributed by atoms with Crippen LogP contribution in [0.2, 0.25) is 0 Å². The second-order valence-electron chi connectivity index (χ2n) is 6.66. The van der Waals surface area contributed by atoms with Crippen LogP contribution in [0.4, 0.5) is 5.82 Å². The Kier molecular flexibility index (Phi) is 4.91. The molecule has 3 aromatic rings. The zero-order valence-electron chi connectivity index (χ0n) is 15.2. The standard InChI is InChI=1S/C19H20BN5O2/c1-24-11-15(10-22-24)13-2-3-14-9-21-19(18(20)16(14)8-13)23-17(26)12-25-4-6-27-7-5-25/h2-3,8-11H,4-7,12H2,1H3,(H,21,23,26). The van der Waals surface area contributed by atoms with E-state index in [0.717, 1.165) is 35.0 Å². The Morgan fingerprint density at radius 1 is 1.26 bits per heavy atom. The number of nitrogens with zero attached hydrogens (tertiary/aromatic N) is 4. The summed E-state index contributed by atoms with van der Waals surface area (Å²) >= 11 is 0. The van der Waals surface area contributed by atoms with Crippen LogP contribution < -0.4 is 10.8 Å². The van der Waals surface area contributed by atoms with Gasteiger partial charge < -0.3 is 10.1 Å². The lowest BCUT2D eigenvalue weighted by molar-refractivity contribution is -0.118. The molecule has 2 radical (unpaired) electrons. The van der Waals surface area contributed by atoms with E-state index in [1.54, 1.807) is 10.9 Å². The second-order valence-corrected chi connectivity index (χ2v) is 6.66. The van der Waals surface area contributed by atoms with E-state index in [4.69, 9.17) is 12.6 Å². The van der Waals surface area contributed by atoms with Crippen molar-refractivity contribution in [3.63, 3.8) is 0 Å². The molecule has 1 amide bonds. The van der Waals surface area contributed by atoms with Crippen molar-refractivity contribution < 1.29 is 9.53 Å². The molecular weight excluding hydrogens is 341 g/mol. The molecule has 4 rings (SSSR count). The average molecular weight is 361 g/mol. The van der Waals surface area contributed by atoms with Crippen molar-refractivity contribution in [1.82, 2.24) is 19.7 Å². The Morgan fingerprint density at radius 3 is 2.81 bits per heavy atom. The molecule has 0 spiro atoms. The maximum absolute atomic E-state index is 12.4. The van der Waals surface area contributed by atoms with Crippen LogP contribution in [-0.4, -0.2) is 66.3 Å². The first-order chi connectivity index (χ1) is 13.1. The number of nitrogens with one attached hydrogen (secondary N) is 1. The number of amides is 1. The lowest BCUT2D eigenvalue weighted by Crippen LogP contribution is -2.41. The Hall–Kier alpha value is -2.71. The first-order valence-electron chi connectivity index (χ1n) is 8.87. The molecule has 1 fully saturated rings. The highest BCUT2D eigenvalue weighted by Gasteiger charge is 2.16. The highest BCUT2D eigenvalue weighted by molar-refractivity contribution is 6.42. The summed E-state index contributed by atoms with van der Waals surface area (Å²) in [6.45, 7) is 3.12. The third-order valence-corrected chi connectivity index (χ3v) is 4.70. The van der Waals surface area contributed by atoms with Crippen LogP contribution in [0, 0.1) is 0 Å². The van der Waals surface area contributed by atoms with Gasteiger partial charge in [0.05, 0.1) is 26.0 Å². The summed E-state index contributed by atoms with van der Waals surface area (Å²) in [6, 6.07) is 5.98. The lowest BCUT2D eigenvalue weighted by atomic mass is 9.89. The third-order valence-electron chi connectivity index (χ3n) is 4.70. The van der Waals surface area contributed by atoms with E-state index in [0.29, 0.717) is 31.0 Å². The fraction of sp³-hybridized carbons (Fsp3) is 0.316. The topological polar surface area (TPSA) is 72.3 Å². The van der Waals surface area contributed by atoms with E-state index in [1.807, 2.05) is 37.6 Å². The monoisotopic (exact) mass is 361 g/mol. The molecule has 0 bridgehead atoms. The minimum Gasteiger partial charge on any atom is -0.379 e. The zero-order valence-corrected chi connectivity index (χ0v) is 15.2. The Morgan fingerprint density at radius 2 is 2.07 bits per heavy atom. The molecule has 1 saturated heterocycles. The molecule has 7 nitrogen and oxygen atoms in total. The number of pyridine rings is 1. The molecule has 1 aliphatic rings. The number of hydrogen-bond acceptors (Lipinski definition) is 5. The molecule has 0 saturated carbocycles. The van der Waals surface area contributed by atoms with Gasteiger partial charge in [-0.15, -0.1) is 0 Å². The van der Waals surface area contributed by atoms with Crippen LogP contribution in [0.5, 0.6) is 0 Å². The number of fused-ring (bicyclic) bond motifs is 1. The smallest absolute Gasteiger partial charge is 0.239 e. The van der Waals surface area contributed by atoms with Gasteiger partial charge in [-0.3, -0.25) is 14.4 Å². The van der Waals surface area contributed by atoms with Crippen molar-refractivity contribution in [3.8, 4) is 11.1 Å². The van der Waals surface area contributed by atoms with Crippen LogP contribution in [0.25, 0.3) is 21.9 Å². The van der Waals surface area contributed by atoms with Crippen molar-refractivity contribution in [2.24, 2.45) is 7.05 Å². The average Bonchev–Trinajstić information content (AvgIpc) is 3.11. The van der Waals surface area contributed by atoms with E-state index < -0.39 is 0 Å². The number of ether oxygens (including phenoxy) is 1. The van der Waals surface area contributed by atoms with Gasteiger partial charge in [-0.25, -0.2) is 4.98 Å². The molecule has 0 atom stereocenters. The van der Waals surface area contributed by atoms with Gasteiger partial charge in [-0.05, 0) is 27.9 Å². The van der Waals surface area contributed by atoms with Gasteiger partial charge in [-0.1, -0.05) is 12.1 Å². The number of morpholine rings is 1. The molecule has 3 heterocycles. The molecule has 0 aliphatic carbocycles. The first kappa shape index (κ1) is 17.7. The van der Waals surface area contributed by atoms with Crippen molar-refractivity contribution in [1.29, 1.82) is 0 Å². The van der Waals surface area contributed by atoms with Crippen molar-refractivity contribution >= 4 is 35.8 Å². The molecule has 2 aromatic heterocycles. The number of aromatic nitrogens is 3. The lowest BCUT2D eigenvalue weighted by Gasteiger charge is -2.25. The van der Waals surface area contributed by atoms with Crippen molar-refractivity contribution in [3.05, 3.63) is 36.8 Å². The first-order valence-corrected chi connectivity index (χ1v) is 8.87. The Balaban J connectivity index is 1.57. The van der Waals surface area contributed by atoms with Crippen LogP contribution in [0.15, 0.2) is 36.8 Å². The SMILES string of the molecule is [B]c1c(NC(=O)CN2CCOCC2)ncc2ccc(-c3cnn(C)c3)cc12. The van der Waals surface area contributed by atoms with E-state index >= 15 is 0 Å². The third kappa shape index (κ3) is 3.86. The highest BCUT2D eigenvalue weighted by atomic mass is 16.5. The number of carbonyl (C=O) groups is 1. The Bertz CT molecular complexity index is 981. The van der Waals surface area contributed by atoms with Crippen LogP contribution in [0.3, 0.4) is 0 Å². The molecule has 136 valence electrons. The fourth-order valence-corrected chi connectivity index (χ4v) is 3.22. The van der Waals surface area contributed by atoms with Crippen LogP contribution in [0.1, 0.15) is 0 Å². The molecule has 0 unspecified atom stereocenters. The number of aryl methyl sites for hydroxylation is 1. The number of benzene rings is 1. The van der Waals surface area contributed by atoms with Gasteiger partial charge in [0.15, 0.2) is 0 Å². The maximum Gasteiger partial charge on any atom is 0.239 e. The van der Waals surface area contributed by atoms with Gasteiger partial charge >= 0.3 is 0 Å². The highest BCUT2D eigenvalue weighted by Crippen LogP contribution is 2.23. The zero-order chi connectivity index (χ0) is 18.8. The van der Waals surface area contributed by atoms with Gasteiger partial charge in [0, 0.05) is 38.1 Å². The molecule has 8 heteroatoms. The summed E-state index contributed by atoms with van der Waals surface area (Å²) in [5, 5.41) is 8.83. The summed E-state index contributed by atoms with van der Waals surface area (Å²) in [4.78, 5) is 18.7. The van der Waals surface area contributed by atoms with Crippen LogP contribution in [-0.2, 0) is 16.6 Å². The van der Waals surface area contributed by atoms with Gasteiger partial charge in [0.2, 0.25) is 5.91 Å². The molecule has 1 aliphatic heterocycles. The summed E-state index contributed by atoms with van der Waals surface area (Å²) in [5.41, 5.74) is 2.49. The number of hydrogen-bond donors (Lipinski definition) is 1. The van der Waals surface area contributed by atoms with Gasteiger partial charge in [0.25, 0.3) is 0 Å². The normalized spacial score (nSPS) is 15.1. The quantitative estimate of drug-likeness (QED) is 0.693. The van der Waals surface area contributed by atoms with Crippen molar-refractivity contribution in [2.45, 2.75) is 0 Å². The molecule has 1 aromatic carbocycles. The summed E-state index contributed by atoms with van der Waals surface area (Å²) in [6.07, 6.45) is 5.48. The predicted molar refractivity (Wildman–Crippen MR) is 105 cm³/mol. The molecular formula is C19H20BN5O2. The number of rotatable bonds is 4. The van der Waals surface area contributed by atoms with Crippen LogP contribution >= 0.6 is 0 Å². The molecule has 27 heavy (non-hydrogen) atoms. The molecule has 1 N–H and O–H groups in total. The summed E-state index contributed by atoms with van der Waals surface area (Å²) < 4.78 is 7.06.